The molecule has 29 heavy (non-hydrogen) atoms. The number of hydrogen-bond donors (Lipinski definition) is 0. The minimum absolute atomic E-state index is 0.433. The fraction of sp³-hybridized carbons (Fsp3) is 0.364. The molecule has 3 heterocycles. The molecule has 150 valence electrons. The monoisotopic (exact) mass is 408 g/mol. The fourth-order valence-electron chi connectivity index (χ4n) is 4.60. The predicted molar refractivity (Wildman–Crippen MR) is 116 cm³/mol. The molecule has 1 atom stereocenters. The number of piperidine rings is 1. The summed E-state index contributed by atoms with van der Waals surface area (Å²) in [5, 5.41) is 0.550. The molecule has 2 aliphatic heterocycles. The summed E-state index contributed by atoms with van der Waals surface area (Å²) in [6, 6.07) is 13.9. The number of para-hydroxylation sites is 2. The van der Waals surface area contributed by atoms with E-state index in [2.05, 4.69) is 14.9 Å². The molecule has 0 amide bonds. The van der Waals surface area contributed by atoms with Gasteiger partial charge < -0.3 is 4.90 Å². The Morgan fingerprint density at radius 3 is 2.79 bits per heavy atom. The van der Waals surface area contributed by atoms with Crippen LogP contribution in [0.3, 0.4) is 0 Å². The summed E-state index contributed by atoms with van der Waals surface area (Å²) < 4.78 is 28.6. The van der Waals surface area contributed by atoms with Crippen molar-refractivity contribution >= 4 is 32.4 Å². The Balaban J connectivity index is 1.47. The Morgan fingerprint density at radius 2 is 1.90 bits per heavy atom. The summed E-state index contributed by atoms with van der Waals surface area (Å²) in [7, 11) is -3.43. The van der Waals surface area contributed by atoms with Crippen LogP contribution in [0.15, 0.2) is 48.8 Å². The van der Waals surface area contributed by atoms with Crippen LogP contribution in [-0.4, -0.2) is 43.3 Å². The van der Waals surface area contributed by atoms with Gasteiger partial charge in [0.25, 0.3) is 0 Å². The van der Waals surface area contributed by atoms with Crippen molar-refractivity contribution in [1.82, 2.24) is 9.97 Å². The molecule has 0 spiro atoms. The van der Waals surface area contributed by atoms with Gasteiger partial charge in [-0.3, -0.25) is 4.31 Å². The van der Waals surface area contributed by atoms with E-state index in [0.717, 1.165) is 52.9 Å². The van der Waals surface area contributed by atoms with Crippen molar-refractivity contribution in [2.45, 2.75) is 31.4 Å². The molecule has 0 radical (unpaired) electrons. The van der Waals surface area contributed by atoms with E-state index in [9.17, 15) is 8.42 Å². The molecular formula is C22H24N4O2S. The van der Waals surface area contributed by atoms with Crippen molar-refractivity contribution < 1.29 is 8.42 Å². The third-order valence-electron chi connectivity index (χ3n) is 6.10. The van der Waals surface area contributed by atoms with Crippen LogP contribution in [0.5, 0.6) is 0 Å². The Labute approximate surface area is 171 Å². The van der Waals surface area contributed by atoms with Crippen LogP contribution in [0.2, 0.25) is 0 Å². The average molecular weight is 409 g/mol. The first-order chi connectivity index (χ1) is 14.1. The van der Waals surface area contributed by atoms with Crippen LogP contribution in [0, 0.1) is 6.92 Å². The molecule has 6 nitrogen and oxygen atoms in total. The van der Waals surface area contributed by atoms with E-state index >= 15 is 0 Å². The molecule has 1 aromatic heterocycles. The van der Waals surface area contributed by atoms with Crippen LogP contribution in [0.25, 0.3) is 10.9 Å². The van der Waals surface area contributed by atoms with Gasteiger partial charge in [0.15, 0.2) is 0 Å². The lowest BCUT2D eigenvalue weighted by molar-refractivity contribution is 0.528. The van der Waals surface area contributed by atoms with Gasteiger partial charge in [-0.1, -0.05) is 30.3 Å². The van der Waals surface area contributed by atoms with E-state index in [1.54, 1.807) is 10.6 Å². The van der Waals surface area contributed by atoms with E-state index in [1.807, 2.05) is 49.4 Å². The quantitative estimate of drug-likeness (QED) is 0.665. The van der Waals surface area contributed by atoms with Crippen molar-refractivity contribution in [3.05, 3.63) is 59.9 Å². The van der Waals surface area contributed by atoms with Crippen molar-refractivity contribution in [3.8, 4) is 0 Å². The zero-order valence-corrected chi connectivity index (χ0v) is 17.3. The Hall–Kier alpha value is -2.67. The van der Waals surface area contributed by atoms with Crippen molar-refractivity contribution in [2.75, 3.05) is 28.8 Å². The van der Waals surface area contributed by atoms with Gasteiger partial charge in [-0.15, -0.1) is 0 Å². The highest BCUT2D eigenvalue weighted by Gasteiger charge is 2.38. The normalized spacial score (nSPS) is 19.6. The maximum absolute atomic E-state index is 13.5. The molecule has 5 rings (SSSR count). The first-order valence-electron chi connectivity index (χ1n) is 10.1. The summed E-state index contributed by atoms with van der Waals surface area (Å²) in [6.07, 6.45) is 3.87. The first-order valence-corrected chi connectivity index (χ1v) is 11.6. The largest absolute Gasteiger partial charge is 0.355 e. The van der Waals surface area contributed by atoms with Crippen LogP contribution >= 0.6 is 0 Å². The highest BCUT2D eigenvalue weighted by atomic mass is 32.2. The van der Waals surface area contributed by atoms with Gasteiger partial charge in [-0.2, -0.15) is 0 Å². The van der Waals surface area contributed by atoms with E-state index in [4.69, 9.17) is 0 Å². The second-order valence-corrected chi connectivity index (χ2v) is 10.0. The smallest absolute Gasteiger partial charge is 0.239 e. The topological polar surface area (TPSA) is 66.4 Å². The number of hydrogen-bond acceptors (Lipinski definition) is 5. The molecule has 0 N–H and O–H groups in total. The van der Waals surface area contributed by atoms with Gasteiger partial charge >= 0.3 is 0 Å². The molecule has 7 heteroatoms. The van der Waals surface area contributed by atoms with Gasteiger partial charge in [0.1, 0.15) is 12.1 Å². The number of sulfonamides is 1. The molecule has 0 aliphatic carbocycles. The zero-order valence-electron chi connectivity index (χ0n) is 16.5. The van der Waals surface area contributed by atoms with Crippen LogP contribution in [0.1, 0.15) is 24.0 Å². The van der Waals surface area contributed by atoms with Gasteiger partial charge in [0.05, 0.1) is 16.5 Å². The molecular weight excluding hydrogens is 384 g/mol. The zero-order chi connectivity index (χ0) is 20.0. The van der Waals surface area contributed by atoms with E-state index in [0.29, 0.717) is 19.5 Å². The number of aromatic nitrogens is 2. The third-order valence-corrected chi connectivity index (χ3v) is 8.32. The number of benzene rings is 2. The summed E-state index contributed by atoms with van der Waals surface area (Å²) in [4.78, 5) is 11.1. The number of fused-ring (bicyclic) bond motifs is 2. The fourth-order valence-corrected chi connectivity index (χ4v) is 6.59. The minimum atomic E-state index is -3.43. The van der Waals surface area contributed by atoms with Gasteiger partial charge in [0, 0.05) is 25.0 Å². The third kappa shape index (κ3) is 3.04. The molecule has 0 saturated carbocycles. The highest BCUT2D eigenvalue weighted by Crippen LogP contribution is 2.34. The Morgan fingerprint density at radius 1 is 1.03 bits per heavy atom. The molecule has 2 aromatic carbocycles. The summed E-state index contributed by atoms with van der Waals surface area (Å²) in [5.41, 5.74) is 3.98. The molecule has 0 bridgehead atoms. The van der Waals surface area contributed by atoms with Gasteiger partial charge in [-0.05, 0) is 49.4 Å². The maximum Gasteiger partial charge on any atom is 0.239 e. The Bertz CT molecular complexity index is 1180. The van der Waals surface area contributed by atoms with E-state index in [1.165, 1.54) is 0 Å². The first kappa shape index (κ1) is 18.4. The summed E-state index contributed by atoms with van der Waals surface area (Å²) in [6.45, 7) is 3.84. The molecule has 2 aliphatic rings. The summed E-state index contributed by atoms with van der Waals surface area (Å²) in [5.74, 6) is 0.834. The number of nitrogens with zero attached hydrogens (tertiary/aromatic N) is 4. The number of anilines is 2. The van der Waals surface area contributed by atoms with Crippen LogP contribution in [0.4, 0.5) is 11.5 Å². The second kappa shape index (κ2) is 6.99. The molecule has 3 aromatic rings. The lowest BCUT2D eigenvalue weighted by Gasteiger charge is -2.36. The highest BCUT2D eigenvalue weighted by molar-refractivity contribution is 7.93. The predicted octanol–water partition coefficient (Wildman–Crippen LogP) is 3.30. The maximum atomic E-state index is 13.5. The molecule has 1 fully saturated rings. The van der Waals surface area contributed by atoms with Crippen molar-refractivity contribution in [3.63, 3.8) is 0 Å². The lowest BCUT2D eigenvalue weighted by Crippen LogP contribution is -2.48. The van der Waals surface area contributed by atoms with E-state index in [-0.39, 0.29) is 0 Å². The minimum Gasteiger partial charge on any atom is -0.355 e. The Kier molecular flexibility index (Phi) is 4.42. The van der Waals surface area contributed by atoms with E-state index < -0.39 is 15.3 Å². The second-order valence-electron chi connectivity index (χ2n) is 7.87. The van der Waals surface area contributed by atoms with Crippen LogP contribution < -0.4 is 9.21 Å². The van der Waals surface area contributed by atoms with Crippen LogP contribution in [-0.2, 0) is 16.4 Å². The van der Waals surface area contributed by atoms with Crippen molar-refractivity contribution in [1.29, 1.82) is 0 Å². The standard InChI is InChI=1S/C22H24N4O2S/c1-16-6-4-9-19-21(16)23-15-24-22(19)25-12-5-8-18(14-25)29(27,28)26-13-11-17-7-2-3-10-20(17)26/h2-4,6-7,9-10,15,18H,5,8,11-14H2,1H3. The van der Waals surface area contributed by atoms with Gasteiger partial charge in [-0.25, -0.2) is 18.4 Å². The lowest BCUT2D eigenvalue weighted by atomic mass is 10.1. The average Bonchev–Trinajstić information content (AvgIpc) is 3.19. The van der Waals surface area contributed by atoms with Crippen molar-refractivity contribution in [2.24, 2.45) is 0 Å². The summed E-state index contributed by atoms with van der Waals surface area (Å²) >= 11 is 0. The number of rotatable bonds is 3. The van der Waals surface area contributed by atoms with Gasteiger partial charge in [0.2, 0.25) is 10.0 Å². The molecule has 1 unspecified atom stereocenters. The SMILES string of the molecule is Cc1cccc2c(N3CCCC(S(=O)(=O)N4CCc5ccccc54)C3)ncnc12. The molecule has 1 saturated heterocycles. The number of aryl methyl sites for hydroxylation is 1.